The molecule has 2 heterocycles. The fraction of sp³-hybridized carbons (Fsp3) is 0.522. The number of phenolic OH excluding ortho intramolecular Hbond substituents is 1. The number of rotatable bonds is 8. The van der Waals surface area contributed by atoms with Crippen LogP contribution in [-0.4, -0.2) is 28.1 Å². The lowest BCUT2D eigenvalue weighted by Gasteiger charge is -2.16. The number of likely N-dealkylation sites (tertiary alicyclic amines) is 1. The first-order valence-electron chi connectivity index (χ1n) is 10.3. The molecule has 1 aromatic heterocycles. The highest BCUT2D eigenvalue weighted by Crippen LogP contribution is 2.26. The minimum Gasteiger partial charge on any atom is -0.508 e. The summed E-state index contributed by atoms with van der Waals surface area (Å²) in [7, 11) is 0. The highest BCUT2D eigenvalue weighted by Gasteiger charge is 2.14. The number of unbranched alkanes of at least 4 members (excludes halogenated alkanes) is 2. The van der Waals surface area contributed by atoms with E-state index in [1.54, 1.807) is 0 Å². The Labute approximate surface area is 163 Å². The molecule has 1 aromatic carbocycles. The van der Waals surface area contributed by atoms with E-state index in [0.29, 0.717) is 18.0 Å². The summed E-state index contributed by atoms with van der Waals surface area (Å²) < 4.78 is 0. The minimum absolute atomic E-state index is 0.385. The molecule has 27 heavy (non-hydrogen) atoms. The summed E-state index contributed by atoms with van der Waals surface area (Å²) >= 11 is 0. The van der Waals surface area contributed by atoms with Crippen LogP contribution < -0.4 is 5.73 Å². The number of hydrogen-bond donors (Lipinski definition) is 2. The van der Waals surface area contributed by atoms with Gasteiger partial charge in [0.2, 0.25) is 0 Å². The van der Waals surface area contributed by atoms with Gasteiger partial charge >= 0.3 is 0 Å². The summed E-state index contributed by atoms with van der Waals surface area (Å²) in [6.45, 7) is 7.47. The van der Waals surface area contributed by atoms with E-state index in [0.717, 1.165) is 41.8 Å². The fourth-order valence-corrected chi connectivity index (χ4v) is 3.92. The Morgan fingerprint density at radius 1 is 1.07 bits per heavy atom. The van der Waals surface area contributed by atoms with Crippen molar-refractivity contribution in [3.05, 3.63) is 52.2 Å². The molecule has 0 aliphatic carbocycles. The highest BCUT2D eigenvalue weighted by molar-refractivity contribution is 5.47. The number of benzene rings is 1. The molecule has 1 aliphatic rings. The Bertz CT molecular complexity index is 766. The second-order valence-electron chi connectivity index (χ2n) is 7.86. The summed E-state index contributed by atoms with van der Waals surface area (Å²) in [6.07, 6.45) is 7.78. The van der Waals surface area contributed by atoms with Gasteiger partial charge in [-0.3, -0.25) is 4.90 Å². The normalized spacial score (nSPS) is 14.7. The number of aromatic nitrogens is 1. The molecule has 0 radical (unpaired) electrons. The van der Waals surface area contributed by atoms with Crippen molar-refractivity contribution in [2.45, 2.75) is 65.3 Å². The molecule has 1 saturated heterocycles. The van der Waals surface area contributed by atoms with Gasteiger partial charge in [0.15, 0.2) is 0 Å². The predicted octanol–water partition coefficient (Wildman–Crippen LogP) is 4.60. The molecule has 1 fully saturated rings. The third-order valence-corrected chi connectivity index (χ3v) is 5.62. The summed E-state index contributed by atoms with van der Waals surface area (Å²) in [6, 6.07) is 8.32. The molecule has 4 nitrogen and oxygen atoms in total. The van der Waals surface area contributed by atoms with E-state index in [1.165, 1.54) is 44.3 Å². The van der Waals surface area contributed by atoms with Crippen LogP contribution in [0.5, 0.6) is 5.75 Å². The molecule has 0 saturated carbocycles. The molecule has 4 heteroatoms. The van der Waals surface area contributed by atoms with Gasteiger partial charge in [0.1, 0.15) is 11.6 Å². The van der Waals surface area contributed by atoms with Gasteiger partial charge < -0.3 is 10.8 Å². The maximum absolute atomic E-state index is 10.6. The van der Waals surface area contributed by atoms with Gasteiger partial charge in [-0.1, -0.05) is 38.0 Å². The highest BCUT2D eigenvalue weighted by atomic mass is 16.3. The molecule has 146 valence electrons. The van der Waals surface area contributed by atoms with Crippen LogP contribution in [0.25, 0.3) is 0 Å². The number of nitrogen functional groups attached to an aromatic ring is 1. The maximum Gasteiger partial charge on any atom is 0.126 e. The van der Waals surface area contributed by atoms with Crippen LogP contribution in [0.15, 0.2) is 24.3 Å². The number of anilines is 1. The molecule has 0 spiro atoms. The van der Waals surface area contributed by atoms with E-state index in [2.05, 4.69) is 35.0 Å². The monoisotopic (exact) mass is 367 g/mol. The largest absolute Gasteiger partial charge is 0.508 e. The molecule has 3 rings (SSSR count). The van der Waals surface area contributed by atoms with Gasteiger partial charge in [0, 0.05) is 18.7 Å². The number of nitrogens with two attached hydrogens (primary N) is 1. The first kappa shape index (κ1) is 19.7. The summed E-state index contributed by atoms with van der Waals surface area (Å²) in [5.74, 6) is 1.04. The molecule has 1 aliphatic heterocycles. The fourth-order valence-electron chi connectivity index (χ4n) is 3.92. The lowest BCUT2D eigenvalue weighted by Crippen LogP contribution is -2.18. The van der Waals surface area contributed by atoms with Gasteiger partial charge in [0.25, 0.3) is 0 Å². The number of pyridine rings is 1. The van der Waals surface area contributed by atoms with Gasteiger partial charge in [-0.2, -0.15) is 0 Å². The van der Waals surface area contributed by atoms with Crippen LogP contribution in [0.2, 0.25) is 0 Å². The van der Waals surface area contributed by atoms with Crippen molar-refractivity contribution < 1.29 is 5.11 Å². The molecule has 0 atom stereocenters. The van der Waals surface area contributed by atoms with Crippen molar-refractivity contribution in [1.82, 2.24) is 9.88 Å². The van der Waals surface area contributed by atoms with Crippen LogP contribution >= 0.6 is 0 Å². The minimum atomic E-state index is 0.385. The van der Waals surface area contributed by atoms with E-state index in [4.69, 9.17) is 5.73 Å². The average Bonchev–Trinajstić information content (AvgIpc) is 3.14. The van der Waals surface area contributed by atoms with E-state index in [9.17, 15) is 5.11 Å². The Kier molecular flexibility index (Phi) is 6.73. The van der Waals surface area contributed by atoms with Gasteiger partial charge in [0.05, 0.1) is 0 Å². The van der Waals surface area contributed by atoms with E-state index in [1.807, 2.05) is 13.0 Å². The van der Waals surface area contributed by atoms with Crippen LogP contribution in [0.4, 0.5) is 5.82 Å². The second-order valence-corrected chi connectivity index (χ2v) is 7.86. The molecule has 3 N–H and O–H groups in total. The summed E-state index contributed by atoms with van der Waals surface area (Å²) in [5, 5.41) is 10.6. The number of aryl methyl sites for hydroxylation is 2. The average molecular weight is 368 g/mol. The smallest absolute Gasteiger partial charge is 0.126 e. The quantitative estimate of drug-likeness (QED) is 0.670. The van der Waals surface area contributed by atoms with E-state index < -0.39 is 0 Å². The predicted molar refractivity (Wildman–Crippen MR) is 112 cm³/mol. The Hall–Kier alpha value is -2.07. The van der Waals surface area contributed by atoms with Crippen molar-refractivity contribution in [2.75, 3.05) is 18.8 Å². The van der Waals surface area contributed by atoms with Crippen molar-refractivity contribution in [3.63, 3.8) is 0 Å². The second kappa shape index (κ2) is 9.23. The van der Waals surface area contributed by atoms with Crippen LogP contribution in [-0.2, 0) is 19.4 Å². The maximum atomic E-state index is 10.6. The van der Waals surface area contributed by atoms with Gasteiger partial charge in [-0.25, -0.2) is 4.98 Å². The van der Waals surface area contributed by atoms with Crippen molar-refractivity contribution >= 4 is 5.82 Å². The van der Waals surface area contributed by atoms with E-state index in [-0.39, 0.29) is 0 Å². The van der Waals surface area contributed by atoms with Gasteiger partial charge in [-0.15, -0.1) is 0 Å². The number of nitrogens with zero attached hydrogens (tertiary/aromatic N) is 2. The molecular formula is C23H33N3O. The Morgan fingerprint density at radius 3 is 2.56 bits per heavy atom. The summed E-state index contributed by atoms with van der Waals surface area (Å²) in [4.78, 5) is 7.00. The zero-order valence-corrected chi connectivity index (χ0v) is 16.8. The lowest BCUT2D eigenvalue weighted by atomic mass is 9.98. The zero-order chi connectivity index (χ0) is 19.2. The van der Waals surface area contributed by atoms with Crippen molar-refractivity contribution in [1.29, 1.82) is 0 Å². The SMILES string of the molecule is CCCCCc1cc(Cc2ccc(CN3CCCC3)cc2O)c(C)nc1N. The van der Waals surface area contributed by atoms with Crippen LogP contribution in [0.1, 0.15) is 67.0 Å². The van der Waals surface area contributed by atoms with E-state index >= 15 is 0 Å². The topological polar surface area (TPSA) is 62.4 Å². The van der Waals surface area contributed by atoms with Crippen LogP contribution in [0, 0.1) is 6.92 Å². The third kappa shape index (κ3) is 5.23. The lowest BCUT2D eigenvalue weighted by molar-refractivity contribution is 0.330. The molecular weight excluding hydrogens is 334 g/mol. The van der Waals surface area contributed by atoms with Gasteiger partial charge in [-0.05, 0) is 74.0 Å². The Morgan fingerprint density at radius 2 is 1.85 bits per heavy atom. The third-order valence-electron chi connectivity index (χ3n) is 5.62. The Balaban J connectivity index is 1.72. The zero-order valence-electron chi connectivity index (χ0n) is 16.8. The first-order chi connectivity index (χ1) is 13.1. The first-order valence-corrected chi connectivity index (χ1v) is 10.3. The summed E-state index contributed by atoms with van der Waals surface area (Å²) in [5.41, 5.74) is 11.5. The molecule has 0 amide bonds. The molecule has 0 bridgehead atoms. The number of phenols is 1. The molecule has 0 unspecified atom stereocenters. The van der Waals surface area contributed by atoms with Crippen molar-refractivity contribution in [3.8, 4) is 5.75 Å². The number of hydrogen-bond acceptors (Lipinski definition) is 4. The number of aromatic hydroxyl groups is 1. The molecule has 2 aromatic rings. The standard InChI is InChI=1S/C23H33N3O/c1-3-4-5-8-20-15-21(17(2)25-23(20)24)14-19-10-9-18(13-22(19)27)16-26-11-6-7-12-26/h9-10,13,15,27H,3-8,11-12,14,16H2,1-2H3,(H2,24,25). The van der Waals surface area contributed by atoms with Crippen LogP contribution in [0.3, 0.4) is 0 Å². The van der Waals surface area contributed by atoms with Crippen molar-refractivity contribution in [2.24, 2.45) is 0 Å².